The number of nitrogens with one attached hydrogen (secondary N) is 2. The summed E-state index contributed by atoms with van der Waals surface area (Å²) in [5.41, 5.74) is 3.39. The lowest BCUT2D eigenvalue weighted by atomic mass is 10.2. The van der Waals surface area contributed by atoms with Gasteiger partial charge in [-0.1, -0.05) is 42.8 Å². The van der Waals surface area contributed by atoms with Crippen LogP contribution >= 0.6 is 11.6 Å². The lowest BCUT2D eigenvalue weighted by Gasteiger charge is -2.21. The van der Waals surface area contributed by atoms with E-state index in [0.717, 1.165) is 23.2 Å². The second kappa shape index (κ2) is 10.1. The number of amides is 2. The minimum atomic E-state index is -0.174. The monoisotopic (exact) mass is 387 g/mol. The molecule has 2 rings (SSSR count). The number of para-hydroxylation sites is 1. The SMILES string of the molecule is CCCN(CC(=O)Nc1ccc(C)c(Cl)c1)CC(=O)Nc1ccccc1C. The molecule has 2 amide bonds. The van der Waals surface area contributed by atoms with Crippen LogP contribution in [0.3, 0.4) is 0 Å². The number of carbonyl (C=O) groups excluding carboxylic acids is 2. The molecule has 27 heavy (non-hydrogen) atoms. The predicted molar refractivity (Wildman–Crippen MR) is 111 cm³/mol. The van der Waals surface area contributed by atoms with Crippen molar-refractivity contribution in [2.24, 2.45) is 0 Å². The van der Waals surface area contributed by atoms with Crippen LogP contribution < -0.4 is 10.6 Å². The number of nitrogens with zero attached hydrogens (tertiary/aromatic N) is 1. The Morgan fingerprint density at radius 3 is 2.26 bits per heavy atom. The van der Waals surface area contributed by atoms with E-state index in [-0.39, 0.29) is 24.9 Å². The third-order valence-corrected chi connectivity index (χ3v) is 4.56. The smallest absolute Gasteiger partial charge is 0.238 e. The number of benzene rings is 2. The summed E-state index contributed by atoms with van der Waals surface area (Å²) < 4.78 is 0. The van der Waals surface area contributed by atoms with Gasteiger partial charge in [0.2, 0.25) is 11.8 Å². The maximum absolute atomic E-state index is 12.4. The Balaban J connectivity index is 1.93. The third-order valence-electron chi connectivity index (χ3n) is 4.15. The van der Waals surface area contributed by atoms with Gasteiger partial charge in [-0.2, -0.15) is 0 Å². The molecule has 0 fully saturated rings. The number of rotatable bonds is 8. The van der Waals surface area contributed by atoms with Gasteiger partial charge in [-0.15, -0.1) is 0 Å². The molecule has 5 nitrogen and oxygen atoms in total. The lowest BCUT2D eigenvalue weighted by molar-refractivity contribution is -0.120. The van der Waals surface area contributed by atoms with Gasteiger partial charge < -0.3 is 10.6 Å². The zero-order valence-electron chi connectivity index (χ0n) is 16.0. The number of halogens is 1. The van der Waals surface area contributed by atoms with Gasteiger partial charge in [0.05, 0.1) is 13.1 Å². The van der Waals surface area contributed by atoms with Gasteiger partial charge in [0.15, 0.2) is 0 Å². The molecule has 0 bridgehead atoms. The highest BCUT2D eigenvalue weighted by molar-refractivity contribution is 6.31. The highest BCUT2D eigenvalue weighted by Gasteiger charge is 2.15. The van der Waals surface area contributed by atoms with Crippen LogP contribution in [0.5, 0.6) is 0 Å². The normalized spacial score (nSPS) is 10.7. The van der Waals surface area contributed by atoms with Crippen molar-refractivity contribution in [2.45, 2.75) is 27.2 Å². The number of aryl methyl sites for hydroxylation is 2. The molecule has 0 spiro atoms. The van der Waals surface area contributed by atoms with Crippen molar-refractivity contribution in [3.63, 3.8) is 0 Å². The fourth-order valence-electron chi connectivity index (χ4n) is 2.71. The molecule has 2 N–H and O–H groups in total. The van der Waals surface area contributed by atoms with E-state index in [2.05, 4.69) is 10.6 Å². The van der Waals surface area contributed by atoms with E-state index in [4.69, 9.17) is 11.6 Å². The molecule has 0 unspecified atom stereocenters. The molecule has 0 aliphatic heterocycles. The van der Waals surface area contributed by atoms with Gasteiger partial charge in [-0.3, -0.25) is 14.5 Å². The van der Waals surface area contributed by atoms with E-state index in [0.29, 0.717) is 17.3 Å². The molecule has 0 aliphatic rings. The molecule has 144 valence electrons. The van der Waals surface area contributed by atoms with Gasteiger partial charge in [0, 0.05) is 16.4 Å². The molecule has 6 heteroatoms. The lowest BCUT2D eigenvalue weighted by Crippen LogP contribution is -2.39. The van der Waals surface area contributed by atoms with E-state index in [1.54, 1.807) is 6.07 Å². The van der Waals surface area contributed by atoms with Crippen molar-refractivity contribution in [2.75, 3.05) is 30.3 Å². The molecule has 0 atom stereocenters. The summed E-state index contributed by atoms with van der Waals surface area (Å²) in [4.78, 5) is 26.6. The summed E-state index contributed by atoms with van der Waals surface area (Å²) in [6, 6.07) is 13.0. The molecular weight excluding hydrogens is 362 g/mol. The molecule has 2 aromatic carbocycles. The van der Waals surface area contributed by atoms with Gasteiger partial charge in [-0.25, -0.2) is 0 Å². The molecule has 0 aromatic heterocycles. The fourth-order valence-corrected chi connectivity index (χ4v) is 2.89. The third kappa shape index (κ3) is 6.70. The summed E-state index contributed by atoms with van der Waals surface area (Å²) in [7, 11) is 0. The number of hydrogen-bond donors (Lipinski definition) is 2. The Labute approximate surface area is 165 Å². The molecule has 0 saturated carbocycles. The first-order chi connectivity index (χ1) is 12.9. The van der Waals surface area contributed by atoms with Crippen molar-refractivity contribution < 1.29 is 9.59 Å². The van der Waals surface area contributed by atoms with E-state index in [9.17, 15) is 9.59 Å². The summed E-state index contributed by atoms with van der Waals surface area (Å²) in [5, 5.41) is 6.35. The van der Waals surface area contributed by atoms with Crippen LogP contribution in [0.2, 0.25) is 5.02 Å². The highest BCUT2D eigenvalue weighted by Crippen LogP contribution is 2.20. The van der Waals surface area contributed by atoms with Gasteiger partial charge in [-0.05, 0) is 56.1 Å². The maximum atomic E-state index is 12.4. The second-order valence-electron chi connectivity index (χ2n) is 6.59. The van der Waals surface area contributed by atoms with Crippen LogP contribution in [0.4, 0.5) is 11.4 Å². The average Bonchev–Trinajstić information content (AvgIpc) is 2.60. The van der Waals surface area contributed by atoms with E-state index in [1.807, 2.05) is 62.1 Å². The van der Waals surface area contributed by atoms with Crippen molar-refractivity contribution >= 4 is 34.8 Å². The summed E-state index contributed by atoms with van der Waals surface area (Å²) in [5.74, 6) is -0.309. The van der Waals surface area contributed by atoms with Crippen LogP contribution in [-0.4, -0.2) is 36.3 Å². The topological polar surface area (TPSA) is 61.4 Å². The standard InChI is InChI=1S/C21H26ClN3O2/c1-4-11-25(14-21(27)24-19-8-6-5-7-16(19)3)13-20(26)23-17-10-9-15(2)18(22)12-17/h5-10,12H,4,11,13-14H2,1-3H3,(H,23,26)(H,24,27). The van der Waals surface area contributed by atoms with Gasteiger partial charge >= 0.3 is 0 Å². The van der Waals surface area contributed by atoms with Crippen LogP contribution in [-0.2, 0) is 9.59 Å². The van der Waals surface area contributed by atoms with E-state index >= 15 is 0 Å². The van der Waals surface area contributed by atoms with Crippen molar-refractivity contribution in [3.05, 3.63) is 58.6 Å². The molecular formula is C21H26ClN3O2. The maximum Gasteiger partial charge on any atom is 0.238 e. The Hall–Kier alpha value is -2.37. The summed E-state index contributed by atoms with van der Waals surface area (Å²) >= 11 is 6.10. The predicted octanol–water partition coefficient (Wildman–Crippen LogP) is 4.25. The van der Waals surface area contributed by atoms with E-state index in [1.165, 1.54) is 0 Å². The quantitative estimate of drug-likeness (QED) is 0.711. The number of hydrogen-bond acceptors (Lipinski definition) is 3. The Morgan fingerprint density at radius 1 is 0.963 bits per heavy atom. The number of carbonyl (C=O) groups is 2. The van der Waals surface area contributed by atoms with Crippen LogP contribution in [0.15, 0.2) is 42.5 Å². The van der Waals surface area contributed by atoms with Crippen LogP contribution in [0, 0.1) is 13.8 Å². The summed E-state index contributed by atoms with van der Waals surface area (Å²) in [6.45, 7) is 6.82. The van der Waals surface area contributed by atoms with Gasteiger partial charge in [0.1, 0.15) is 0 Å². The van der Waals surface area contributed by atoms with Crippen molar-refractivity contribution in [3.8, 4) is 0 Å². The highest BCUT2D eigenvalue weighted by atomic mass is 35.5. The Morgan fingerprint density at radius 2 is 1.63 bits per heavy atom. The first-order valence-electron chi connectivity index (χ1n) is 9.03. The first kappa shape index (κ1) is 20.9. The fraction of sp³-hybridized carbons (Fsp3) is 0.333. The molecule has 2 aromatic rings. The average molecular weight is 388 g/mol. The summed E-state index contributed by atoms with van der Waals surface area (Å²) in [6.07, 6.45) is 0.848. The zero-order valence-corrected chi connectivity index (χ0v) is 16.8. The van der Waals surface area contributed by atoms with Crippen LogP contribution in [0.1, 0.15) is 24.5 Å². The molecule has 0 aliphatic carbocycles. The van der Waals surface area contributed by atoms with Crippen molar-refractivity contribution in [1.82, 2.24) is 4.90 Å². The van der Waals surface area contributed by atoms with Crippen LogP contribution in [0.25, 0.3) is 0 Å². The van der Waals surface area contributed by atoms with Gasteiger partial charge in [0.25, 0.3) is 0 Å². The minimum Gasteiger partial charge on any atom is -0.325 e. The Bertz CT molecular complexity index is 808. The second-order valence-corrected chi connectivity index (χ2v) is 6.99. The molecule has 0 radical (unpaired) electrons. The zero-order chi connectivity index (χ0) is 19.8. The molecule has 0 heterocycles. The Kier molecular flexibility index (Phi) is 7.82. The van der Waals surface area contributed by atoms with E-state index < -0.39 is 0 Å². The minimum absolute atomic E-state index is 0.135. The number of anilines is 2. The first-order valence-corrected chi connectivity index (χ1v) is 9.40. The molecule has 0 saturated heterocycles. The largest absolute Gasteiger partial charge is 0.325 e. The van der Waals surface area contributed by atoms with Crippen molar-refractivity contribution in [1.29, 1.82) is 0 Å².